The van der Waals surface area contributed by atoms with E-state index in [9.17, 15) is 0 Å². The van der Waals surface area contributed by atoms with E-state index in [1.807, 2.05) is 36.4 Å². The normalized spacial score (nSPS) is 17.4. The number of benzene rings is 5. The van der Waals surface area contributed by atoms with E-state index in [1.165, 1.54) is 42.4 Å². The Balaban J connectivity index is 1.13. The van der Waals surface area contributed by atoms with Crippen LogP contribution >= 0.6 is 11.3 Å². The average Bonchev–Trinajstić information content (AvgIpc) is 3.82. The van der Waals surface area contributed by atoms with Gasteiger partial charge in [-0.2, -0.15) is 0 Å². The van der Waals surface area contributed by atoms with Crippen LogP contribution in [-0.4, -0.2) is 26.9 Å². The Kier molecular flexibility index (Phi) is 6.15. The summed E-state index contributed by atoms with van der Waals surface area (Å²) < 4.78 is 9.01. The number of aliphatic imine (C=N–C) groups is 1. The molecule has 234 valence electrons. The van der Waals surface area contributed by atoms with Crippen LogP contribution in [0, 0.1) is 0 Å². The average molecular weight is 651 g/mol. The van der Waals surface area contributed by atoms with E-state index >= 15 is 0 Å². The number of fused-ring (bicyclic) bond motifs is 7. The van der Waals surface area contributed by atoms with Crippen LogP contribution in [0.2, 0.25) is 0 Å². The second-order valence-electron chi connectivity index (χ2n) is 13.3. The zero-order valence-corrected chi connectivity index (χ0v) is 27.8. The van der Waals surface area contributed by atoms with Crippen LogP contribution in [0.15, 0.2) is 144 Å². The second-order valence-corrected chi connectivity index (χ2v) is 14.4. The molecule has 1 aliphatic heterocycles. The van der Waals surface area contributed by atoms with Crippen LogP contribution in [0.3, 0.4) is 0 Å². The van der Waals surface area contributed by atoms with Gasteiger partial charge in [-0.1, -0.05) is 111 Å². The van der Waals surface area contributed by atoms with Crippen molar-refractivity contribution in [1.82, 2.24) is 15.0 Å². The minimum atomic E-state index is -0.224. The first-order valence-corrected chi connectivity index (χ1v) is 17.5. The van der Waals surface area contributed by atoms with Gasteiger partial charge >= 0.3 is 0 Å². The Morgan fingerprint density at radius 2 is 1.35 bits per heavy atom. The lowest BCUT2D eigenvalue weighted by atomic mass is 9.79. The standard InChI is InChI=1S/C43H30N4OS/c1-43(2)32-22-23-34-37(48-42(44-34)26-14-7-4-8-15-26)36(32)30-21-20-27(24-33(30)43)40-45-39(25-12-5-3-6-13-25)46-41(47-40)31-18-11-17-29-28-16-9-10-19-35(28)49-38(29)31/h3-22,24,34H,23H2,1-2H3. The summed E-state index contributed by atoms with van der Waals surface area (Å²) in [6, 6.07) is 42.0. The van der Waals surface area contributed by atoms with Gasteiger partial charge in [0.05, 0.1) is 0 Å². The summed E-state index contributed by atoms with van der Waals surface area (Å²) >= 11 is 1.79. The van der Waals surface area contributed by atoms with Gasteiger partial charge in [0.15, 0.2) is 17.5 Å². The molecule has 3 heterocycles. The lowest BCUT2D eigenvalue weighted by molar-refractivity contribution is 0.415. The molecule has 0 saturated carbocycles. The molecule has 0 bridgehead atoms. The first kappa shape index (κ1) is 28.3. The maximum Gasteiger partial charge on any atom is 0.222 e. The van der Waals surface area contributed by atoms with Crippen molar-refractivity contribution in [2.75, 3.05) is 0 Å². The van der Waals surface area contributed by atoms with Gasteiger partial charge < -0.3 is 4.74 Å². The van der Waals surface area contributed by atoms with E-state index in [4.69, 9.17) is 24.7 Å². The lowest BCUT2D eigenvalue weighted by Crippen LogP contribution is -2.19. The van der Waals surface area contributed by atoms with Crippen LogP contribution in [0.25, 0.3) is 59.9 Å². The molecule has 49 heavy (non-hydrogen) atoms. The molecule has 0 radical (unpaired) electrons. The number of allylic oxidation sites excluding steroid dienone is 2. The number of ether oxygens (including phenoxy) is 1. The molecule has 5 nitrogen and oxygen atoms in total. The quantitative estimate of drug-likeness (QED) is 0.190. The largest absolute Gasteiger partial charge is 0.440 e. The van der Waals surface area contributed by atoms with E-state index in [1.54, 1.807) is 11.3 Å². The Labute approximate surface area is 288 Å². The lowest BCUT2D eigenvalue weighted by Gasteiger charge is -2.25. The Hall–Kier alpha value is -5.72. The fourth-order valence-corrected chi connectivity index (χ4v) is 8.84. The summed E-state index contributed by atoms with van der Waals surface area (Å²) in [5, 5.41) is 2.47. The van der Waals surface area contributed by atoms with Crippen molar-refractivity contribution in [3.63, 3.8) is 0 Å². The van der Waals surface area contributed by atoms with Gasteiger partial charge in [0, 0.05) is 53.4 Å². The molecule has 2 aromatic heterocycles. The van der Waals surface area contributed by atoms with Gasteiger partial charge in [-0.3, -0.25) is 0 Å². The predicted octanol–water partition coefficient (Wildman–Crippen LogP) is 10.4. The van der Waals surface area contributed by atoms with Crippen LogP contribution in [0.4, 0.5) is 0 Å². The van der Waals surface area contributed by atoms with Crippen molar-refractivity contribution in [1.29, 1.82) is 0 Å². The van der Waals surface area contributed by atoms with Gasteiger partial charge in [-0.15, -0.1) is 11.3 Å². The summed E-state index contributed by atoms with van der Waals surface area (Å²) in [5.41, 5.74) is 8.63. The zero-order chi connectivity index (χ0) is 32.7. The third kappa shape index (κ3) is 4.37. The number of hydrogen-bond acceptors (Lipinski definition) is 6. The number of thiophene rings is 1. The topological polar surface area (TPSA) is 60.3 Å². The van der Waals surface area contributed by atoms with Gasteiger partial charge in [-0.05, 0) is 53.5 Å². The third-order valence-electron chi connectivity index (χ3n) is 10.1. The second kappa shape index (κ2) is 10.6. The van der Waals surface area contributed by atoms with Crippen molar-refractivity contribution >= 4 is 43.0 Å². The van der Waals surface area contributed by atoms with Crippen molar-refractivity contribution in [3.05, 3.63) is 155 Å². The summed E-state index contributed by atoms with van der Waals surface area (Å²) in [6.07, 6.45) is 3.19. The first-order valence-electron chi connectivity index (χ1n) is 16.7. The van der Waals surface area contributed by atoms with Crippen LogP contribution < -0.4 is 0 Å². The molecule has 5 aromatic carbocycles. The molecule has 6 heteroatoms. The molecule has 3 aliphatic rings. The Morgan fingerprint density at radius 1 is 0.653 bits per heavy atom. The maximum absolute atomic E-state index is 6.57. The van der Waals surface area contributed by atoms with Crippen LogP contribution in [0.5, 0.6) is 0 Å². The highest BCUT2D eigenvalue weighted by Gasteiger charge is 2.45. The molecule has 0 N–H and O–H groups in total. The van der Waals surface area contributed by atoms with Crippen molar-refractivity contribution in [2.45, 2.75) is 31.7 Å². The summed E-state index contributed by atoms with van der Waals surface area (Å²) in [7, 11) is 0. The summed E-state index contributed by atoms with van der Waals surface area (Å²) in [4.78, 5) is 20.4. The molecule has 10 rings (SSSR count). The Morgan fingerprint density at radius 3 is 2.16 bits per heavy atom. The Bertz CT molecular complexity index is 2580. The third-order valence-corrected chi connectivity index (χ3v) is 11.3. The van der Waals surface area contributed by atoms with Crippen LogP contribution in [-0.2, 0) is 10.2 Å². The smallest absolute Gasteiger partial charge is 0.222 e. The highest BCUT2D eigenvalue weighted by atomic mass is 32.1. The molecule has 0 amide bonds. The van der Waals surface area contributed by atoms with E-state index in [-0.39, 0.29) is 11.5 Å². The zero-order valence-electron chi connectivity index (χ0n) is 27.0. The minimum absolute atomic E-state index is 0.00786. The van der Waals surface area contributed by atoms with Crippen molar-refractivity contribution < 1.29 is 4.74 Å². The fourth-order valence-electron chi connectivity index (χ4n) is 7.63. The number of rotatable bonds is 4. The first-order chi connectivity index (χ1) is 24.0. The highest BCUT2D eigenvalue weighted by Crippen LogP contribution is 2.55. The molecule has 2 aliphatic carbocycles. The maximum atomic E-state index is 6.57. The molecular weight excluding hydrogens is 621 g/mol. The van der Waals surface area contributed by atoms with Gasteiger partial charge in [0.1, 0.15) is 11.8 Å². The van der Waals surface area contributed by atoms with Crippen LogP contribution in [0.1, 0.15) is 37.0 Å². The van der Waals surface area contributed by atoms with E-state index in [0.717, 1.165) is 34.4 Å². The molecular formula is C43H30N4OS. The highest BCUT2D eigenvalue weighted by molar-refractivity contribution is 7.26. The predicted molar refractivity (Wildman–Crippen MR) is 200 cm³/mol. The number of aromatic nitrogens is 3. The summed E-state index contributed by atoms with van der Waals surface area (Å²) in [6.45, 7) is 4.61. The van der Waals surface area contributed by atoms with Gasteiger partial charge in [0.2, 0.25) is 5.90 Å². The number of nitrogens with zero attached hydrogens (tertiary/aromatic N) is 4. The van der Waals surface area contributed by atoms with Gasteiger partial charge in [-0.25, -0.2) is 19.9 Å². The minimum Gasteiger partial charge on any atom is -0.440 e. The molecule has 1 unspecified atom stereocenters. The summed E-state index contributed by atoms with van der Waals surface area (Å²) in [5.74, 6) is 3.65. The van der Waals surface area contributed by atoms with E-state index in [0.29, 0.717) is 23.4 Å². The van der Waals surface area contributed by atoms with E-state index < -0.39 is 0 Å². The molecule has 0 saturated heterocycles. The molecule has 0 spiro atoms. The van der Waals surface area contributed by atoms with Crippen molar-refractivity contribution in [3.8, 4) is 34.2 Å². The van der Waals surface area contributed by atoms with Gasteiger partial charge in [0.25, 0.3) is 0 Å². The molecule has 1 atom stereocenters. The van der Waals surface area contributed by atoms with Crippen molar-refractivity contribution in [2.24, 2.45) is 4.99 Å². The molecule has 0 fully saturated rings. The molecule has 7 aromatic rings. The van der Waals surface area contributed by atoms with E-state index in [2.05, 4.69) is 105 Å². The number of hydrogen-bond donors (Lipinski definition) is 0. The fraction of sp³-hybridized carbons (Fsp3) is 0.116. The SMILES string of the molecule is CC1(C)C2=CCC3N=C(c4ccccc4)OC3=C2c2ccc(-c3nc(-c4ccccc4)nc(-c4cccc5c4sc4ccccc45)n3)cc21. The monoisotopic (exact) mass is 650 g/mol.